The summed E-state index contributed by atoms with van der Waals surface area (Å²) in [7, 11) is 0. The third-order valence-corrected chi connectivity index (χ3v) is 4.06. The van der Waals surface area contributed by atoms with E-state index < -0.39 is 0 Å². The van der Waals surface area contributed by atoms with Crippen molar-refractivity contribution in [2.24, 2.45) is 4.99 Å². The predicted molar refractivity (Wildman–Crippen MR) is 88.3 cm³/mol. The fraction of sp³-hybridized carbons (Fsp3) is 0.625. The number of hydrogen-bond donors (Lipinski definition) is 0. The molecular weight excluding hydrogens is 245 g/mol. The molecule has 0 aromatic rings. The van der Waals surface area contributed by atoms with Crippen LogP contribution in [-0.4, -0.2) is 37.0 Å². The molecule has 0 amide bonds. The van der Waals surface area contributed by atoms with E-state index in [9.17, 15) is 5.26 Å². The van der Waals surface area contributed by atoms with Gasteiger partial charge < -0.3 is 4.90 Å². The van der Waals surface area contributed by atoms with E-state index >= 15 is 0 Å². The van der Waals surface area contributed by atoms with Gasteiger partial charge in [0.05, 0.1) is 0 Å². The summed E-state index contributed by atoms with van der Waals surface area (Å²) in [6.45, 7) is 13.3. The van der Waals surface area contributed by atoms with Crippen molar-refractivity contribution in [3.63, 3.8) is 0 Å². The van der Waals surface area contributed by atoms with Gasteiger partial charge in [0.1, 0.15) is 0 Å². The van der Waals surface area contributed by atoms with E-state index in [1.54, 1.807) is 6.08 Å². The molecule has 20 heavy (non-hydrogen) atoms. The van der Waals surface area contributed by atoms with Crippen molar-refractivity contribution in [3.05, 3.63) is 24.4 Å². The highest BCUT2D eigenvalue weighted by molar-refractivity contribution is 6.68. The molecule has 1 fully saturated rings. The number of rotatable bonds is 6. The molecule has 0 aromatic carbocycles. The van der Waals surface area contributed by atoms with Crippen LogP contribution in [0, 0.1) is 11.2 Å². The van der Waals surface area contributed by atoms with Gasteiger partial charge in [0, 0.05) is 17.4 Å². The Balaban J connectivity index is 2.52. The number of hydrogen-bond acceptors (Lipinski definition) is 3. The first-order valence-electron chi connectivity index (χ1n) is 7.57. The van der Waals surface area contributed by atoms with Gasteiger partial charge >= 0.3 is 0 Å². The Morgan fingerprint density at radius 3 is 2.90 bits per heavy atom. The molecule has 0 bridgehead atoms. The maximum Gasteiger partial charge on any atom is 0.273 e. The molecule has 0 N–H and O–H groups in total. The van der Waals surface area contributed by atoms with Crippen molar-refractivity contribution in [1.82, 2.24) is 4.90 Å². The van der Waals surface area contributed by atoms with E-state index in [1.165, 1.54) is 0 Å². The molecule has 1 unspecified atom stereocenters. The predicted octanol–water partition coefficient (Wildman–Crippen LogP) is 3.58. The van der Waals surface area contributed by atoms with Gasteiger partial charge in [-0.3, -0.25) is 4.99 Å². The molecule has 1 rings (SSSR count). The fourth-order valence-corrected chi connectivity index (χ4v) is 2.73. The smallest absolute Gasteiger partial charge is 0.273 e. The Labute approximate surface area is 124 Å². The quantitative estimate of drug-likeness (QED) is 0.547. The van der Waals surface area contributed by atoms with Gasteiger partial charge in [0.15, 0.2) is 0 Å². The zero-order valence-corrected chi connectivity index (χ0v) is 13.1. The second kappa shape index (κ2) is 8.76. The molecule has 0 aromatic heterocycles. The molecule has 0 aliphatic carbocycles. The zero-order chi connectivity index (χ0) is 15.0. The number of allylic oxidation sites excluding steroid dienone is 3. The van der Waals surface area contributed by atoms with Crippen LogP contribution in [0.15, 0.2) is 29.4 Å². The van der Waals surface area contributed by atoms with Crippen molar-refractivity contribution in [3.8, 4) is 5.97 Å². The van der Waals surface area contributed by atoms with Crippen LogP contribution in [0.25, 0.3) is 0 Å². The minimum Gasteiger partial charge on any atom is -0.305 e. The second-order valence-corrected chi connectivity index (χ2v) is 5.56. The lowest BCUT2D eigenvalue weighted by Gasteiger charge is -2.33. The highest BCUT2D eigenvalue weighted by atomic mass is 15.1. The Hall–Kier alpha value is -1.34. The average molecular weight is 271 g/mol. The molecule has 0 spiro atoms. The molecule has 1 aliphatic rings. The number of nitriles is 1. The summed E-state index contributed by atoms with van der Waals surface area (Å²) in [5, 5.41) is 9.26. The van der Waals surface area contributed by atoms with Crippen LogP contribution >= 0.6 is 0 Å². The van der Waals surface area contributed by atoms with Crippen molar-refractivity contribution in [1.29, 1.82) is 5.26 Å². The van der Waals surface area contributed by atoms with Gasteiger partial charge in [-0.05, 0) is 58.1 Å². The van der Waals surface area contributed by atoms with Gasteiger partial charge in [-0.1, -0.05) is 26.0 Å². The lowest BCUT2D eigenvalue weighted by molar-refractivity contribution is 0.281. The lowest BCUT2D eigenvalue weighted by atomic mass is 9.38. The third kappa shape index (κ3) is 5.34. The van der Waals surface area contributed by atoms with Crippen LogP contribution in [0.3, 0.4) is 0 Å². The van der Waals surface area contributed by atoms with Crippen LogP contribution in [0.2, 0.25) is 12.1 Å². The van der Waals surface area contributed by atoms with E-state index in [2.05, 4.69) is 35.4 Å². The maximum absolute atomic E-state index is 9.26. The lowest BCUT2D eigenvalue weighted by Crippen LogP contribution is -2.41. The summed E-state index contributed by atoms with van der Waals surface area (Å²) in [5.74, 6) is 2.99. The monoisotopic (exact) mass is 271 g/mol. The number of nitrogens with zero attached hydrogens (tertiary/aromatic N) is 3. The Morgan fingerprint density at radius 2 is 2.30 bits per heavy atom. The third-order valence-electron chi connectivity index (χ3n) is 4.06. The van der Waals surface area contributed by atoms with Gasteiger partial charge in [-0.25, -0.2) is 5.26 Å². The van der Waals surface area contributed by atoms with Crippen LogP contribution in [-0.2, 0) is 0 Å². The molecule has 1 atom stereocenters. The Kier molecular flexibility index (Phi) is 7.32. The van der Waals surface area contributed by atoms with Crippen molar-refractivity contribution >= 4 is 12.4 Å². The molecular formula is C16H26BN3. The van der Waals surface area contributed by atoms with E-state index in [4.69, 9.17) is 0 Å². The molecule has 0 radical (unpaired) electrons. The summed E-state index contributed by atoms with van der Waals surface area (Å²) in [6, 6.07) is 0. The summed E-state index contributed by atoms with van der Waals surface area (Å²) in [5.41, 5.74) is 1.99. The maximum atomic E-state index is 9.26. The van der Waals surface area contributed by atoms with Crippen LogP contribution in [0.1, 0.15) is 33.6 Å². The summed E-state index contributed by atoms with van der Waals surface area (Å²) in [6.07, 6.45) is 7.04. The summed E-state index contributed by atoms with van der Waals surface area (Å²) in [4.78, 5) is 6.89. The number of aliphatic imine (C=N–C) groups is 1. The molecule has 1 heterocycles. The van der Waals surface area contributed by atoms with Gasteiger partial charge in [0.2, 0.25) is 0 Å². The molecule has 3 nitrogen and oxygen atoms in total. The molecule has 1 aliphatic heterocycles. The van der Waals surface area contributed by atoms with Crippen LogP contribution in [0.4, 0.5) is 0 Å². The van der Waals surface area contributed by atoms with Gasteiger partial charge in [0.25, 0.3) is 6.71 Å². The Morgan fingerprint density at radius 1 is 1.55 bits per heavy atom. The van der Waals surface area contributed by atoms with E-state index in [0.717, 1.165) is 50.2 Å². The fourth-order valence-electron chi connectivity index (χ4n) is 2.73. The topological polar surface area (TPSA) is 39.4 Å². The first kappa shape index (κ1) is 16.7. The second-order valence-electron chi connectivity index (χ2n) is 5.56. The minimum absolute atomic E-state index is 0.227. The summed E-state index contributed by atoms with van der Waals surface area (Å²) >= 11 is 0. The molecule has 108 valence electrons. The normalized spacial score (nSPS) is 21.7. The van der Waals surface area contributed by atoms with Gasteiger partial charge in [-0.15, -0.1) is 0 Å². The first-order chi connectivity index (χ1) is 9.60. The Bertz CT molecular complexity index is 420. The highest BCUT2D eigenvalue weighted by Gasteiger charge is 2.31. The summed E-state index contributed by atoms with van der Waals surface area (Å²) < 4.78 is 0. The van der Waals surface area contributed by atoms with E-state index in [-0.39, 0.29) is 6.71 Å². The standard InChI is InChI=1S/C16H26BN3/c1-5-14(3)19-15(4)8-7-9-16-12-20(6-2)11-10-17(16)13-18/h5,8,16H,1,6-7,9-12H2,2-4H3/b15-8-,19-14-. The van der Waals surface area contributed by atoms with Crippen LogP contribution < -0.4 is 0 Å². The van der Waals surface area contributed by atoms with Crippen molar-refractivity contribution in [2.75, 3.05) is 19.6 Å². The zero-order valence-electron chi connectivity index (χ0n) is 13.1. The van der Waals surface area contributed by atoms with Crippen molar-refractivity contribution in [2.45, 2.75) is 45.8 Å². The molecule has 0 saturated carbocycles. The van der Waals surface area contributed by atoms with Crippen molar-refractivity contribution < 1.29 is 0 Å². The van der Waals surface area contributed by atoms with E-state index in [0.29, 0.717) is 5.82 Å². The minimum atomic E-state index is 0.227. The highest BCUT2D eigenvalue weighted by Crippen LogP contribution is 2.26. The average Bonchev–Trinajstić information content (AvgIpc) is 2.46. The van der Waals surface area contributed by atoms with Crippen LogP contribution in [0.5, 0.6) is 0 Å². The largest absolute Gasteiger partial charge is 0.305 e. The molecule has 1 saturated heterocycles. The SMILES string of the molecule is C=C/C(C)=N\C(C)=C/CCC1CN(CC)CCB1C#N. The van der Waals surface area contributed by atoms with E-state index in [1.807, 2.05) is 13.8 Å². The molecule has 4 heteroatoms. The first-order valence-corrected chi connectivity index (χ1v) is 7.57. The van der Waals surface area contributed by atoms with Gasteiger partial charge in [-0.2, -0.15) is 0 Å².